The third-order valence-corrected chi connectivity index (χ3v) is 4.81. The first-order valence-corrected chi connectivity index (χ1v) is 7.96. The summed E-state index contributed by atoms with van der Waals surface area (Å²) >= 11 is 0. The summed E-state index contributed by atoms with van der Waals surface area (Å²) in [6.07, 6.45) is 5.70. The van der Waals surface area contributed by atoms with E-state index in [2.05, 4.69) is 17.4 Å². The maximum absolute atomic E-state index is 12.6. The van der Waals surface area contributed by atoms with Crippen LogP contribution in [0.2, 0.25) is 0 Å². The quantitative estimate of drug-likeness (QED) is 0.894. The van der Waals surface area contributed by atoms with Crippen LogP contribution in [0.1, 0.15) is 44.1 Å². The van der Waals surface area contributed by atoms with Gasteiger partial charge in [-0.05, 0) is 31.2 Å². The first kappa shape index (κ1) is 17.3. The van der Waals surface area contributed by atoms with Crippen molar-refractivity contribution >= 4 is 18.3 Å². The summed E-state index contributed by atoms with van der Waals surface area (Å²) < 4.78 is 5.73. The van der Waals surface area contributed by atoms with Gasteiger partial charge in [0.25, 0.3) is 0 Å². The van der Waals surface area contributed by atoms with Crippen molar-refractivity contribution in [3.05, 3.63) is 35.9 Å². The Morgan fingerprint density at radius 2 is 1.91 bits per heavy atom. The van der Waals surface area contributed by atoms with Gasteiger partial charge < -0.3 is 15.8 Å². The minimum Gasteiger partial charge on any atom is -0.364 e. The summed E-state index contributed by atoms with van der Waals surface area (Å²) in [6.45, 7) is 0.494. The van der Waals surface area contributed by atoms with Gasteiger partial charge in [-0.15, -0.1) is 12.4 Å². The van der Waals surface area contributed by atoms with Crippen molar-refractivity contribution in [3.8, 4) is 0 Å². The van der Waals surface area contributed by atoms with E-state index in [0.29, 0.717) is 6.54 Å². The van der Waals surface area contributed by atoms with Crippen molar-refractivity contribution in [1.29, 1.82) is 0 Å². The Labute approximate surface area is 138 Å². The molecule has 1 aliphatic carbocycles. The lowest BCUT2D eigenvalue weighted by molar-refractivity contribution is -0.134. The molecule has 5 heteroatoms. The number of amides is 1. The number of ether oxygens (including phenoxy) is 1. The number of nitrogens with one attached hydrogen (secondary N) is 1. The lowest BCUT2D eigenvalue weighted by Crippen LogP contribution is -2.48. The minimum atomic E-state index is -0.334. The van der Waals surface area contributed by atoms with E-state index in [1.165, 1.54) is 5.56 Å². The molecule has 3 rings (SSSR count). The van der Waals surface area contributed by atoms with Gasteiger partial charge in [0.1, 0.15) is 6.10 Å². The fourth-order valence-corrected chi connectivity index (χ4v) is 3.61. The van der Waals surface area contributed by atoms with Gasteiger partial charge in [-0.25, -0.2) is 0 Å². The summed E-state index contributed by atoms with van der Waals surface area (Å²) in [5.41, 5.74) is 6.63. The van der Waals surface area contributed by atoms with Crippen molar-refractivity contribution in [1.82, 2.24) is 5.32 Å². The van der Waals surface area contributed by atoms with Crippen molar-refractivity contribution in [2.24, 2.45) is 5.73 Å². The maximum atomic E-state index is 12.6. The zero-order valence-electron chi connectivity index (χ0n) is 12.8. The van der Waals surface area contributed by atoms with Gasteiger partial charge in [-0.3, -0.25) is 4.79 Å². The number of rotatable bonds is 4. The van der Waals surface area contributed by atoms with E-state index in [4.69, 9.17) is 10.5 Å². The van der Waals surface area contributed by atoms with Gasteiger partial charge in [0.2, 0.25) is 5.91 Å². The highest BCUT2D eigenvalue weighted by Gasteiger charge is 2.40. The Hall–Kier alpha value is -1.10. The van der Waals surface area contributed by atoms with Crippen molar-refractivity contribution in [2.75, 3.05) is 6.54 Å². The van der Waals surface area contributed by atoms with E-state index in [9.17, 15) is 4.79 Å². The molecule has 0 unspecified atom stereocenters. The number of halogens is 1. The molecule has 1 amide bonds. The van der Waals surface area contributed by atoms with Gasteiger partial charge in [-0.1, -0.05) is 43.2 Å². The average molecular weight is 325 g/mol. The summed E-state index contributed by atoms with van der Waals surface area (Å²) in [6, 6.07) is 10.3. The Morgan fingerprint density at radius 1 is 1.23 bits per heavy atom. The van der Waals surface area contributed by atoms with Gasteiger partial charge in [0.05, 0.1) is 11.6 Å². The normalized spacial score (nSPS) is 26.4. The van der Waals surface area contributed by atoms with Crippen LogP contribution in [0.4, 0.5) is 0 Å². The number of hydrogen-bond donors (Lipinski definition) is 2. The fourth-order valence-electron chi connectivity index (χ4n) is 3.61. The van der Waals surface area contributed by atoms with E-state index in [0.717, 1.165) is 38.5 Å². The monoisotopic (exact) mass is 324 g/mol. The van der Waals surface area contributed by atoms with Crippen LogP contribution >= 0.6 is 12.4 Å². The second-order valence-electron chi connectivity index (χ2n) is 6.20. The molecular weight excluding hydrogens is 300 g/mol. The van der Waals surface area contributed by atoms with E-state index in [1.807, 2.05) is 18.2 Å². The van der Waals surface area contributed by atoms with Gasteiger partial charge in [0, 0.05) is 6.54 Å². The molecule has 0 aromatic heterocycles. The van der Waals surface area contributed by atoms with Crippen molar-refractivity contribution < 1.29 is 9.53 Å². The summed E-state index contributed by atoms with van der Waals surface area (Å²) in [4.78, 5) is 12.6. The van der Waals surface area contributed by atoms with Crippen molar-refractivity contribution in [3.63, 3.8) is 0 Å². The van der Waals surface area contributed by atoms with Crippen LogP contribution in [-0.4, -0.2) is 24.7 Å². The van der Waals surface area contributed by atoms with Gasteiger partial charge in [-0.2, -0.15) is 0 Å². The Balaban J connectivity index is 0.00000176. The predicted molar refractivity (Wildman–Crippen MR) is 88.9 cm³/mol. The molecular formula is C17H25ClN2O2. The molecule has 4 nitrogen and oxygen atoms in total. The molecule has 1 aliphatic heterocycles. The molecule has 3 N–H and O–H groups in total. The Bertz CT molecular complexity index is 489. The SMILES string of the molecule is Cl.NC[C@H]1CC[C@@H](C(=O)NC2(c3ccccc3)CCCC2)O1. The molecule has 0 spiro atoms. The highest BCUT2D eigenvalue weighted by atomic mass is 35.5. The van der Waals surface area contributed by atoms with E-state index in [-0.39, 0.29) is 36.1 Å². The van der Waals surface area contributed by atoms with E-state index in [1.54, 1.807) is 0 Å². The van der Waals surface area contributed by atoms with Crippen LogP contribution in [0.3, 0.4) is 0 Å². The van der Waals surface area contributed by atoms with Crippen LogP contribution in [0.5, 0.6) is 0 Å². The largest absolute Gasteiger partial charge is 0.364 e. The minimum absolute atomic E-state index is 0. The predicted octanol–water partition coefficient (Wildman–Crippen LogP) is 2.50. The van der Waals surface area contributed by atoms with Gasteiger partial charge >= 0.3 is 0 Å². The second-order valence-corrected chi connectivity index (χ2v) is 6.20. The topological polar surface area (TPSA) is 64.4 Å². The van der Waals surface area contributed by atoms with Crippen LogP contribution in [-0.2, 0) is 15.1 Å². The molecule has 0 radical (unpaired) electrons. The molecule has 122 valence electrons. The second kappa shape index (κ2) is 7.44. The summed E-state index contributed by atoms with van der Waals surface area (Å²) in [5.74, 6) is 0.0247. The standard InChI is InChI=1S/C17H24N2O2.ClH/c18-12-14-8-9-15(21-14)16(20)19-17(10-4-5-11-17)13-6-2-1-3-7-13;/h1-3,6-7,14-15H,4-5,8-12,18H2,(H,19,20);1H/t14-,15+;/m1./s1. The lowest BCUT2D eigenvalue weighted by atomic mass is 9.88. The van der Waals surface area contributed by atoms with E-state index >= 15 is 0 Å². The average Bonchev–Trinajstić information content (AvgIpc) is 3.18. The Morgan fingerprint density at radius 3 is 2.50 bits per heavy atom. The van der Waals surface area contributed by atoms with Crippen LogP contribution in [0.15, 0.2) is 30.3 Å². The highest BCUT2D eigenvalue weighted by Crippen LogP contribution is 2.39. The van der Waals surface area contributed by atoms with Crippen LogP contribution < -0.4 is 11.1 Å². The summed E-state index contributed by atoms with van der Waals surface area (Å²) in [5, 5.41) is 3.29. The molecule has 1 saturated heterocycles. The molecule has 2 aliphatic rings. The molecule has 1 saturated carbocycles. The van der Waals surface area contributed by atoms with Crippen LogP contribution in [0.25, 0.3) is 0 Å². The zero-order chi connectivity index (χ0) is 14.7. The molecule has 1 aromatic rings. The Kier molecular flexibility index (Phi) is 5.84. The molecule has 2 fully saturated rings. The zero-order valence-corrected chi connectivity index (χ0v) is 13.6. The highest BCUT2D eigenvalue weighted by molar-refractivity contribution is 5.85. The first-order valence-electron chi connectivity index (χ1n) is 7.96. The van der Waals surface area contributed by atoms with Crippen molar-refractivity contribution in [2.45, 2.75) is 56.3 Å². The molecule has 0 bridgehead atoms. The third kappa shape index (κ3) is 3.45. The smallest absolute Gasteiger partial charge is 0.249 e. The number of benzene rings is 1. The summed E-state index contributed by atoms with van der Waals surface area (Å²) in [7, 11) is 0. The van der Waals surface area contributed by atoms with Gasteiger partial charge in [0.15, 0.2) is 0 Å². The first-order chi connectivity index (χ1) is 10.2. The molecule has 1 aromatic carbocycles. The maximum Gasteiger partial charge on any atom is 0.249 e. The molecule has 1 heterocycles. The lowest BCUT2D eigenvalue weighted by Gasteiger charge is -2.32. The van der Waals surface area contributed by atoms with Crippen LogP contribution in [0, 0.1) is 0 Å². The third-order valence-electron chi connectivity index (χ3n) is 4.81. The number of carbonyl (C=O) groups excluding carboxylic acids is 1. The number of hydrogen-bond acceptors (Lipinski definition) is 3. The molecule has 2 atom stereocenters. The number of nitrogens with two attached hydrogens (primary N) is 1. The number of carbonyl (C=O) groups is 1. The molecule has 22 heavy (non-hydrogen) atoms. The fraction of sp³-hybridized carbons (Fsp3) is 0.588. The van der Waals surface area contributed by atoms with E-state index < -0.39 is 0 Å².